The number of hydrogen-bond acceptors (Lipinski definition) is 2. The molecular formula is C16H28N2O2. The highest BCUT2D eigenvalue weighted by Gasteiger charge is 2.44. The summed E-state index contributed by atoms with van der Waals surface area (Å²) in [6.07, 6.45) is 7.65. The van der Waals surface area contributed by atoms with E-state index < -0.39 is 0 Å². The van der Waals surface area contributed by atoms with Gasteiger partial charge in [-0.1, -0.05) is 33.1 Å². The first kappa shape index (κ1) is 15.3. The van der Waals surface area contributed by atoms with E-state index in [9.17, 15) is 9.59 Å². The monoisotopic (exact) mass is 280 g/mol. The summed E-state index contributed by atoms with van der Waals surface area (Å²) in [6.45, 7) is 6.01. The van der Waals surface area contributed by atoms with Crippen LogP contribution in [0.2, 0.25) is 0 Å². The van der Waals surface area contributed by atoms with E-state index in [4.69, 9.17) is 0 Å². The van der Waals surface area contributed by atoms with Gasteiger partial charge in [0.1, 0.15) is 12.1 Å². The molecule has 114 valence electrons. The van der Waals surface area contributed by atoms with Gasteiger partial charge in [-0.15, -0.1) is 0 Å². The van der Waals surface area contributed by atoms with E-state index in [1.807, 2.05) is 4.90 Å². The van der Waals surface area contributed by atoms with Gasteiger partial charge in [-0.2, -0.15) is 0 Å². The fraction of sp³-hybridized carbons (Fsp3) is 0.875. The molecule has 0 aromatic rings. The van der Waals surface area contributed by atoms with Crippen LogP contribution in [0.4, 0.5) is 0 Å². The van der Waals surface area contributed by atoms with Gasteiger partial charge in [-0.25, -0.2) is 0 Å². The Hall–Kier alpha value is -1.06. The molecule has 1 aliphatic heterocycles. The Morgan fingerprint density at radius 2 is 1.75 bits per heavy atom. The fourth-order valence-corrected chi connectivity index (χ4v) is 3.83. The molecule has 2 aliphatic rings. The number of nitrogens with zero attached hydrogens (tertiary/aromatic N) is 1. The first-order valence-corrected chi connectivity index (χ1v) is 8.22. The highest BCUT2D eigenvalue weighted by atomic mass is 16.2. The maximum absolute atomic E-state index is 12.6. The normalized spacial score (nSPS) is 28.9. The third-order valence-electron chi connectivity index (χ3n) is 4.98. The standard InChI is InChI=1S/C16H28N2O2/c1-4-13(5-2)18-14(12-9-7-6-8-10-12)15(19)17-11(3)16(18)20/h11-14H,4-10H2,1-3H3,(H,17,19). The molecule has 1 saturated carbocycles. The van der Waals surface area contributed by atoms with Crippen LogP contribution in [-0.2, 0) is 9.59 Å². The first-order chi connectivity index (χ1) is 9.60. The Kier molecular flexibility index (Phi) is 5.06. The van der Waals surface area contributed by atoms with Gasteiger partial charge in [0, 0.05) is 6.04 Å². The number of amides is 2. The number of piperazine rings is 1. The van der Waals surface area contributed by atoms with Crippen molar-refractivity contribution in [2.24, 2.45) is 5.92 Å². The Balaban J connectivity index is 2.26. The lowest BCUT2D eigenvalue weighted by Crippen LogP contribution is -2.66. The van der Waals surface area contributed by atoms with E-state index in [1.54, 1.807) is 6.92 Å². The number of carbonyl (C=O) groups is 2. The maximum Gasteiger partial charge on any atom is 0.245 e. The van der Waals surface area contributed by atoms with Crippen LogP contribution in [0, 0.1) is 5.92 Å². The summed E-state index contributed by atoms with van der Waals surface area (Å²) in [5.41, 5.74) is 0. The Morgan fingerprint density at radius 1 is 1.15 bits per heavy atom. The van der Waals surface area contributed by atoms with Crippen molar-refractivity contribution in [3.05, 3.63) is 0 Å². The maximum atomic E-state index is 12.6. The number of rotatable bonds is 4. The van der Waals surface area contributed by atoms with Crippen molar-refractivity contribution in [1.82, 2.24) is 10.2 Å². The minimum absolute atomic E-state index is 0.0656. The topological polar surface area (TPSA) is 49.4 Å². The summed E-state index contributed by atoms with van der Waals surface area (Å²) in [7, 11) is 0. The zero-order valence-electron chi connectivity index (χ0n) is 13.0. The van der Waals surface area contributed by atoms with E-state index >= 15 is 0 Å². The van der Waals surface area contributed by atoms with Crippen LogP contribution in [0.3, 0.4) is 0 Å². The summed E-state index contributed by atoms with van der Waals surface area (Å²) in [6, 6.07) is -0.408. The molecule has 0 spiro atoms. The lowest BCUT2D eigenvalue weighted by atomic mass is 9.81. The molecule has 0 aromatic heterocycles. The summed E-state index contributed by atoms with van der Waals surface area (Å²) in [5.74, 6) is 0.519. The third kappa shape index (κ3) is 2.84. The molecule has 1 N–H and O–H groups in total. The molecule has 2 amide bonds. The van der Waals surface area contributed by atoms with Crippen LogP contribution in [0.25, 0.3) is 0 Å². The third-order valence-corrected chi connectivity index (χ3v) is 4.98. The molecule has 4 heteroatoms. The first-order valence-electron chi connectivity index (χ1n) is 8.22. The largest absolute Gasteiger partial charge is 0.343 e. The zero-order chi connectivity index (χ0) is 14.7. The van der Waals surface area contributed by atoms with Gasteiger partial charge in [-0.3, -0.25) is 9.59 Å². The van der Waals surface area contributed by atoms with Crippen molar-refractivity contribution in [2.75, 3.05) is 0 Å². The van der Waals surface area contributed by atoms with Crippen molar-refractivity contribution in [2.45, 2.75) is 83.8 Å². The molecule has 4 nitrogen and oxygen atoms in total. The van der Waals surface area contributed by atoms with Gasteiger partial charge in [0.25, 0.3) is 0 Å². The molecule has 0 bridgehead atoms. The Bertz CT molecular complexity index is 359. The molecule has 2 atom stereocenters. The lowest BCUT2D eigenvalue weighted by Gasteiger charge is -2.46. The molecule has 2 unspecified atom stereocenters. The van der Waals surface area contributed by atoms with E-state index in [1.165, 1.54) is 19.3 Å². The Morgan fingerprint density at radius 3 is 2.30 bits per heavy atom. The molecule has 0 aromatic carbocycles. The van der Waals surface area contributed by atoms with Crippen LogP contribution in [0.1, 0.15) is 65.7 Å². The van der Waals surface area contributed by atoms with E-state index in [-0.39, 0.29) is 29.9 Å². The highest BCUT2D eigenvalue weighted by Crippen LogP contribution is 2.32. The predicted molar refractivity (Wildman–Crippen MR) is 79.2 cm³/mol. The van der Waals surface area contributed by atoms with E-state index in [2.05, 4.69) is 19.2 Å². The van der Waals surface area contributed by atoms with Crippen molar-refractivity contribution < 1.29 is 9.59 Å². The predicted octanol–water partition coefficient (Wildman–Crippen LogP) is 2.47. The lowest BCUT2D eigenvalue weighted by molar-refractivity contribution is -0.155. The summed E-state index contributed by atoms with van der Waals surface area (Å²) < 4.78 is 0. The quantitative estimate of drug-likeness (QED) is 0.860. The highest BCUT2D eigenvalue weighted by molar-refractivity contribution is 5.97. The van der Waals surface area contributed by atoms with Gasteiger partial charge >= 0.3 is 0 Å². The van der Waals surface area contributed by atoms with E-state index in [0.717, 1.165) is 25.7 Å². The molecule has 1 saturated heterocycles. The van der Waals surface area contributed by atoms with Crippen molar-refractivity contribution >= 4 is 11.8 Å². The molecule has 1 heterocycles. The molecule has 1 aliphatic carbocycles. The molecule has 2 rings (SSSR count). The van der Waals surface area contributed by atoms with Crippen LogP contribution in [0.15, 0.2) is 0 Å². The number of nitrogens with one attached hydrogen (secondary N) is 1. The second-order valence-electron chi connectivity index (χ2n) is 6.29. The van der Waals surface area contributed by atoms with Crippen LogP contribution >= 0.6 is 0 Å². The summed E-state index contributed by atoms with van der Waals surface area (Å²) >= 11 is 0. The zero-order valence-corrected chi connectivity index (χ0v) is 13.0. The molecule has 0 radical (unpaired) electrons. The number of carbonyl (C=O) groups excluding carboxylic acids is 2. The average Bonchev–Trinajstić information content (AvgIpc) is 2.46. The second kappa shape index (κ2) is 6.59. The van der Waals surface area contributed by atoms with Gasteiger partial charge in [0.15, 0.2) is 0 Å². The smallest absolute Gasteiger partial charge is 0.245 e. The summed E-state index contributed by atoms with van der Waals surface area (Å²) in [5, 5.41) is 2.88. The minimum atomic E-state index is -0.372. The second-order valence-corrected chi connectivity index (χ2v) is 6.29. The van der Waals surface area contributed by atoms with Crippen molar-refractivity contribution in [1.29, 1.82) is 0 Å². The van der Waals surface area contributed by atoms with Gasteiger partial charge < -0.3 is 10.2 Å². The van der Waals surface area contributed by atoms with Crippen LogP contribution in [-0.4, -0.2) is 34.8 Å². The molecule has 2 fully saturated rings. The Labute approximate surface area is 122 Å². The molecular weight excluding hydrogens is 252 g/mol. The van der Waals surface area contributed by atoms with Gasteiger partial charge in [0.05, 0.1) is 0 Å². The van der Waals surface area contributed by atoms with Crippen LogP contribution in [0.5, 0.6) is 0 Å². The molecule has 20 heavy (non-hydrogen) atoms. The van der Waals surface area contributed by atoms with E-state index in [0.29, 0.717) is 5.92 Å². The van der Waals surface area contributed by atoms with Gasteiger partial charge in [0.2, 0.25) is 11.8 Å². The number of hydrogen-bond donors (Lipinski definition) is 1. The summed E-state index contributed by atoms with van der Waals surface area (Å²) in [4.78, 5) is 27.0. The minimum Gasteiger partial charge on any atom is -0.343 e. The fourth-order valence-electron chi connectivity index (χ4n) is 3.83. The SMILES string of the molecule is CCC(CC)N1C(=O)C(C)NC(=O)C1C1CCCCC1. The van der Waals surface area contributed by atoms with Crippen molar-refractivity contribution in [3.63, 3.8) is 0 Å². The van der Waals surface area contributed by atoms with Crippen LogP contribution < -0.4 is 5.32 Å². The van der Waals surface area contributed by atoms with Crippen molar-refractivity contribution in [3.8, 4) is 0 Å². The average molecular weight is 280 g/mol. The van der Waals surface area contributed by atoms with Gasteiger partial charge in [-0.05, 0) is 38.5 Å².